The maximum Gasteiger partial charge on any atom is 0.141 e. The summed E-state index contributed by atoms with van der Waals surface area (Å²) in [6.45, 7) is 1.83. The highest BCUT2D eigenvalue weighted by Crippen LogP contribution is 2.23. The van der Waals surface area contributed by atoms with Crippen LogP contribution in [0.25, 0.3) is 11.1 Å². The Morgan fingerprint density at radius 2 is 2.06 bits per heavy atom. The summed E-state index contributed by atoms with van der Waals surface area (Å²) in [5.74, 6) is -0.282. The maximum atomic E-state index is 13.7. The molecule has 0 radical (unpaired) electrons. The average molecular weight is 212 g/mol. The van der Waals surface area contributed by atoms with Crippen molar-refractivity contribution in [3.8, 4) is 17.2 Å². The molecule has 0 saturated carbocycles. The van der Waals surface area contributed by atoms with Gasteiger partial charge in [-0.3, -0.25) is 0 Å². The molecule has 0 atom stereocenters. The van der Waals surface area contributed by atoms with Gasteiger partial charge in [0, 0.05) is 11.8 Å². The van der Waals surface area contributed by atoms with Crippen LogP contribution in [-0.2, 0) is 0 Å². The molecule has 0 amide bonds. The van der Waals surface area contributed by atoms with Gasteiger partial charge in [0.15, 0.2) is 0 Å². The van der Waals surface area contributed by atoms with E-state index in [-0.39, 0.29) is 11.5 Å². The number of benzene rings is 1. The summed E-state index contributed by atoms with van der Waals surface area (Å²) in [5, 5.41) is 8.72. The van der Waals surface area contributed by atoms with E-state index in [1.165, 1.54) is 12.3 Å². The Labute approximate surface area is 93.0 Å². The summed E-state index contributed by atoms with van der Waals surface area (Å²) in [6, 6.07) is 10.2. The van der Waals surface area contributed by atoms with E-state index < -0.39 is 0 Å². The Morgan fingerprint density at radius 3 is 2.75 bits per heavy atom. The van der Waals surface area contributed by atoms with Crippen molar-refractivity contribution in [1.82, 2.24) is 4.98 Å². The minimum atomic E-state index is -0.282. The highest BCUT2D eigenvalue weighted by Gasteiger charge is 2.05. The fourth-order valence-corrected chi connectivity index (χ4v) is 1.51. The number of hydrogen-bond acceptors (Lipinski definition) is 2. The van der Waals surface area contributed by atoms with Crippen molar-refractivity contribution >= 4 is 0 Å². The Hall–Kier alpha value is -2.21. The second-order valence-corrected chi connectivity index (χ2v) is 3.52. The molecule has 0 aliphatic carbocycles. The summed E-state index contributed by atoms with van der Waals surface area (Å²) >= 11 is 0. The van der Waals surface area contributed by atoms with Gasteiger partial charge in [-0.15, -0.1) is 0 Å². The zero-order valence-electron chi connectivity index (χ0n) is 8.74. The molecule has 0 N–H and O–H groups in total. The molecule has 1 aromatic carbocycles. The molecule has 2 aromatic rings. The van der Waals surface area contributed by atoms with E-state index in [4.69, 9.17) is 5.26 Å². The summed E-state index contributed by atoms with van der Waals surface area (Å²) in [5.41, 5.74) is 2.32. The summed E-state index contributed by atoms with van der Waals surface area (Å²) in [7, 11) is 0. The van der Waals surface area contributed by atoms with Crippen LogP contribution in [0, 0.1) is 24.1 Å². The third kappa shape index (κ3) is 1.91. The quantitative estimate of drug-likeness (QED) is 0.728. The second-order valence-electron chi connectivity index (χ2n) is 3.52. The molecule has 0 unspecified atom stereocenters. The van der Waals surface area contributed by atoms with Crippen molar-refractivity contribution in [1.29, 1.82) is 5.26 Å². The van der Waals surface area contributed by atoms with E-state index in [0.29, 0.717) is 11.1 Å². The van der Waals surface area contributed by atoms with Gasteiger partial charge in [0.05, 0.1) is 0 Å². The maximum absolute atomic E-state index is 13.7. The molecule has 0 fully saturated rings. The van der Waals surface area contributed by atoms with Gasteiger partial charge in [-0.05, 0) is 36.2 Å². The monoisotopic (exact) mass is 212 g/mol. The molecule has 1 heterocycles. The van der Waals surface area contributed by atoms with Crippen LogP contribution >= 0.6 is 0 Å². The first kappa shape index (κ1) is 10.3. The smallest absolute Gasteiger partial charge is 0.141 e. The van der Waals surface area contributed by atoms with Gasteiger partial charge in [0.25, 0.3) is 0 Å². The predicted molar refractivity (Wildman–Crippen MR) is 59.1 cm³/mol. The van der Waals surface area contributed by atoms with Crippen LogP contribution in [-0.4, -0.2) is 4.98 Å². The fraction of sp³-hybridized carbons (Fsp3) is 0.0769. The first-order valence-corrected chi connectivity index (χ1v) is 4.83. The Bertz CT molecular complexity index is 570. The summed E-state index contributed by atoms with van der Waals surface area (Å²) < 4.78 is 13.7. The lowest BCUT2D eigenvalue weighted by Gasteiger charge is -2.04. The minimum Gasteiger partial charge on any atom is -0.246 e. The van der Waals surface area contributed by atoms with Crippen molar-refractivity contribution in [2.75, 3.05) is 0 Å². The predicted octanol–water partition coefficient (Wildman–Crippen LogP) is 3.07. The van der Waals surface area contributed by atoms with Gasteiger partial charge in [-0.2, -0.15) is 5.26 Å². The molecular formula is C13H9FN2. The molecule has 0 spiro atoms. The molecule has 2 nitrogen and oxygen atoms in total. The van der Waals surface area contributed by atoms with Crippen molar-refractivity contribution in [3.05, 3.63) is 53.6 Å². The van der Waals surface area contributed by atoms with E-state index in [9.17, 15) is 4.39 Å². The fourth-order valence-electron chi connectivity index (χ4n) is 1.51. The van der Waals surface area contributed by atoms with Crippen LogP contribution in [0.3, 0.4) is 0 Å². The molecule has 3 heteroatoms. The molecule has 0 saturated heterocycles. The van der Waals surface area contributed by atoms with E-state index >= 15 is 0 Å². The lowest BCUT2D eigenvalue weighted by molar-refractivity contribution is 0.630. The SMILES string of the molecule is Cc1ccc(-c2ccnc(C#N)c2)c(F)c1. The second kappa shape index (κ2) is 4.11. The number of rotatable bonds is 1. The highest BCUT2D eigenvalue weighted by molar-refractivity contribution is 5.65. The van der Waals surface area contributed by atoms with Crippen molar-refractivity contribution < 1.29 is 4.39 Å². The number of nitrogens with zero attached hydrogens (tertiary/aromatic N) is 2. The lowest BCUT2D eigenvalue weighted by Crippen LogP contribution is -1.88. The molecule has 0 aliphatic rings. The number of pyridine rings is 1. The third-order valence-corrected chi connectivity index (χ3v) is 2.31. The van der Waals surface area contributed by atoms with E-state index in [1.54, 1.807) is 18.2 Å². The summed E-state index contributed by atoms with van der Waals surface area (Å²) in [4.78, 5) is 3.85. The van der Waals surface area contributed by atoms with Crippen LogP contribution in [0.2, 0.25) is 0 Å². The van der Waals surface area contributed by atoms with Crippen LogP contribution in [0.1, 0.15) is 11.3 Å². The first-order chi connectivity index (χ1) is 7.70. The van der Waals surface area contributed by atoms with Crippen molar-refractivity contribution in [3.63, 3.8) is 0 Å². The Balaban J connectivity index is 2.55. The van der Waals surface area contributed by atoms with Gasteiger partial charge in [-0.25, -0.2) is 9.37 Å². The highest BCUT2D eigenvalue weighted by atomic mass is 19.1. The number of aromatic nitrogens is 1. The molecule has 1 aromatic heterocycles. The van der Waals surface area contributed by atoms with Gasteiger partial charge in [0.1, 0.15) is 17.6 Å². The van der Waals surface area contributed by atoms with E-state index in [2.05, 4.69) is 4.98 Å². The Morgan fingerprint density at radius 1 is 1.25 bits per heavy atom. The van der Waals surface area contributed by atoms with Crippen LogP contribution < -0.4 is 0 Å². The van der Waals surface area contributed by atoms with Crippen LogP contribution in [0.5, 0.6) is 0 Å². The van der Waals surface area contributed by atoms with Crippen LogP contribution in [0.15, 0.2) is 36.5 Å². The average Bonchev–Trinajstić information content (AvgIpc) is 2.29. The van der Waals surface area contributed by atoms with Gasteiger partial charge >= 0.3 is 0 Å². The standard InChI is InChI=1S/C13H9FN2/c1-9-2-3-12(13(14)6-9)10-4-5-16-11(7-10)8-15/h2-7H,1H3. The van der Waals surface area contributed by atoms with E-state index in [0.717, 1.165) is 5.56 Å². The van der Waals surface area contributed by atoms with Crippen molar-refractivity contribution in [2.45, 2.75) is 6.92 Å². The number of halogens is 1. The zero-order chi connectivity index (χ0) is 11.5. The summed E-state index contributed by atoms with van der Waals surface area (Å²) in [6.07, 6.45) is 1.51. The zero-order valence-corrected chi connectivity index (χ0v) is 8.74. The molecule has 16 heavy (non-hydrogen) atoms. The number of nitriles is 1. The lowest BCUT2D eigenvalue weighted by atomic mass is 10.0. The van der Waals surface area contributed by atoms with Crippen LogP contribution in [0.4, 0.5) is 4.39 Å². The minimum absolute atomic E-state index is 0.282. The topological polar surface area (TPSA) is 36.7 Å². The molecule has 2 rings (SSSR count). The van der Waals surface area contributed by atoms with Crippen molar-refractivity contribution in [2.24, 2.45) is 0 Å². The van der Waals surface area contributed by atoms with E-state index in [1.807, 2.05) is 19.1 Å². The third-order valence-electron chi connectivity index (χ3n) is 2.31. The largest absolute Gasteiger partial charge is 0.246 e. The Kier molecular flexibility index (Phi) is 2.65. The molecular weight excluding hydrogens is 203 g/mol. The molecule has 0 aliphatic heterocycles. The molecule has 78 valence electrons. The number of aryl methyl sites for hydroxylation is 1. The number of hydrogen-bond donors (Lipinski definition) is 0. The normalized spacial score (nSPS) is 9.81. The van der Waals surface area contributed by atoms with Gasteiger partial charge < -0.3 is 0 Å². The van der Waals surface area contributed by atoms with Gasteiger partial charge in [0.2, 0.25) is 0 Å². The molecule has 0 bridgehead atoms. The van der Waals surface area contributed by atoms with Gasteiger partial charge in [-0.1, -0.05) is 12.1 Å². The first-order valence-electron chi connectivity index (χ1n) is 4.83.